The molecular weight excluding hydrogens is 336 g/mol. The summed E-state index contributed by atoms with van der Waals surface area (Å²) >= 11 is 1.16. The van der Waals surface area contributed by atoms with Crippen LogP contribution < -0.4 is 11.0 Å². The number of pyridine rings is 1. The van der Waals surface area contributed by atoms with E-state index in [1.54, 1.807) is 6.20 Å². The van der Waals surface area contributed by atoms with E-state index >= 15 is 0 Å². The first-order valence-electron chi connectivity index (χ1n) is 7.92. The van der Waals surface area contributed by atoms with Gasteiger partial charge in [-0.2, -0.15) is 4.98 Å². The molecule has 0 unspecified atom stereocenters. The van der Waals surface area contributed by atoms with Crippen LogP contribution >= 0.6 is 11.8 Å². The van der Waals surface area contributed by atoms with Crippen LogP contribution in [0.3, 0.4) is 0 Å². The molecule has 1 N–H and O–H groups in total. The maximum Gasteiger partial charge on any atom is 0.355 e. The highest BCUT2D eigenvalue weighted by Gasteiger charge is 2.08. The molecule has 128 valence electrons. The van der Waals surface area contributed by atoms with Crippen LogP contribution in [0.4, 0.5) is 0 Å². The van der Waals surface area contributed by atoms with Crippen molar-refractivity contribution < 1.29 is 4.79 Å². The highest BCUT2D eigenvalue weighted by Crippen LogP contribution is 2.12. The number of hydrogen-bond donors (Lipinski definition) is 1. The molecule has 0 spiro atoms. The van der Waals surface area contributed by atoms with Crippen LogP contribution in [0.25, 0.3) is 5.65 Å². The van der Waals surface area contributed by atoms with Gasteiger partial charge in [-0.25, -0.2) is 9.78 Å². The number of carbonyl (C=O) groups excluding carboxylic acids is 1. The molecule has 0 saturated heterocycles. The molecule has 3 aromatic rings. The monoisotopic (exact) mass is 354 g/mol. The van der Waals surface area contributed by atoms with Gasteiger partial charge in [-0.1, -0.05) is 42.1 Å². The third-order valence-electron chi connectivity index (χ3n) is 3.61. The lowest BCUT2D eigenvalue weighted by Crippen LogP contribution is -2.27. The lowest BCUT2D eigenvalue weighted by Gasteiger charge is -2.06. The maximum absolute atomic E-state index is 12.0. The smallest absolute Gasteiger partial charge is 0.355 e. The lowest BCUT2D eigenvalue weighted by atomic mass is 10.1. The first-order chi connectivity index (χ1) is 12.1. The van der Waals surface area contributed by atoms with Crippen molar-refractivity contribution >= 4 is 23.3 Å². The normalized spacial score (nSPS) is 10.8. The molecule has 0 aliphatic carbocycles. The van der Waals surface area contributed by atoms with Crippen LogP contribution in [-0.2, 0) is 11.2 Å². The van der Waals surface area contributed by atoms with E-state index in [9.17, 15) is 9.59 Å². The fourth-order valence-electron chi connectivity index (χ4n) is 2.33. The zero-order valence-electron chi connectivity index (χ0n) is 13.8. The average molecular weight is 354 g/mol. The summed E-state index contributed by atoms with van der Waals surface area (Å²) in [6.07, 6.45) is 2.43. The van der Waals surface area contributed by atoms with Crippen LogP contribution in [0.15, 0.2) is 58.6 Å². The van der Waals surface area contributed by atoms with Gasteiger partial charge in [-0.15, -0.1) is 0 Å². The van der Waals surface area contributed by atoms with E-state index in [1.807, 2.05) is 49.4 Å². The number of carbonyl (C=O) groups is 1. The molecule has 0 atom stereocenters. The van der Waals surface area contributed by atoms with Gasteiger partial charge in [0.05, 0.1) is 5.75 Å². The van der Waals surface area contributed by atoms with Gasteiger partial charge in [0, 0.05) is 12.7 Å². The first kappa shape index (κ1) is 17.2. The zero-order chi connectivity index (χ0) is 17.6. The number of fused-ring (bicyclic) bond motifs is 1. The molecule has 1 aromatic carbocycles. The van der Waals surface area contributed by atoms with Crippen LogP contribution in [-0.4, -0.2) is 32.6 Å². The second kappa shape index (κ2) is 7.94. The van der Waals surface area contributed by atoms with E-state index in [1.165, 1.54) is 9.96 Å². The van der Waals surface area contributed by atoms with Gasteiger partial charge in [-0.3, -0.25) is 9.20 Å². The number of nitrogens with zero attached hydrogens (tertiary/aromatic N) is 3. The number of thioether (sulfide) groups is 1. The molecule has 1 amide bonds. The molecule has 0 radical (unpaired) electrons. The molecule has 0 aliphatic heterocycles. The summed E-state index contributed by atoms with van der Waals surface area (Å²) in [4.78, 5) is 32.2. The fourth-order valence-corrected chi connectivity index (χ4v) is 3.00. The Morgan fingerprint density at radius 1 is 1.20 bits per heavy atom. The summed E-state index contributed by atoms with van der Waals surface area (Å²) in [7, 11) is 0. The van der Waals surface area contributed by atoms with E-state index in [-0.39, 0.29) is 11.7 Å². The Hall–Kier alpha value is -2.67. The predicted octanol–water partition coefficient (Wildman–Crippen LogP) is 1.85. The van der Waals surface area contributed by atoms with E-state index in [0.29, 0.717) is 17.3 Å². The molecule has 2 heterocycles. The minimum atomic E-state index is -0.392. The Morgan fingerprint density at radius 3 is 2.80 bits per heavy atom. The average Bonchev–Trinajstić information content (AvgIpc) is 2.60. The quantitative estimate of drug-likeness (QED) is 0.684. The Kier molecular flexibility index (Phi) is 5.45. The van der Waals surface area contributed by atoms with Crippen molar-refractivity contribution in [2.24, 2.45) is 0 Å². The zero-order valence-corrected chi connectivity index (χ0v) is 14.6. The molecule has 3 rings (SSSR count). The fraction of sp³-hybridized carbons (Fsp3) is 0.222. The van der Waals surface area contributed by atoms with Gasteiger partial charge in [0.2, 0.25) is 5.91 Å². The van der Waals surface area contributed by atoms with Crippen molar-refractivity contribution in [2.75, 3.05) is 12.3 Å². The predicted molar refractivity (Wildman–Crippen MR) is 97.9 cm³/mol. The minimum absolute atomic E-state index is 0.103. The number of nitrogens with one attached hydrogen (secondary N) is 1. The summed E-state index contributed by atoms with van der Waals surface area (Å²) in [6.45, 7) is 2.50. The van der Waals surface area contributed by atoms with Crippen molar-refractivity contribution in [3.63, 3.8) is 0 Å². The number of aryl methyl sites for hydroxylation is 1. The molecular formula is C18H18N4O2S. The summed E-state index contributed by atoms with van der Waals surface area (Å²) in [5.41, 5.74) is 2.33. The number of hydrogen-bond acceptors (Lipinski definition) is 5. The van der Waals surface area contributed by atoms with E-state index in [0.717, 1.165) is 23.7 Å². The number of aromatic nitrogens is 3. The topological polar surface area (TPSA) is 76.4 Å². The number of amides is 1. The molecule has 0 aliphatic rings. The van der Waals surface area contributed by atoms with Crippen molar-refractivity contribution in [1.82, 2.24) is 19.7 Å². The van der Waals surface area contributed by atoms with Crippen molar-refractivity contribution in [2.45, 2.75) is 18.5 Å². The second-order valence-corrected chi connectivity index (χ2v) is 6.54. The Morgan fingerprint density at radius 2 is 2.00 bits per heavy atom. The first-order valence-corrected chi connectivity index (χ1v) is 8.91. The van der Waals surface area contributed by atoms with Gasteiger partial charge >= 0.3 is 5.69 Å². The van der Waals surface area contributed by atoms with Gasteiger partial charge < -0.3 is 5.32 Å². The van der Waals surface area contributed by atoms with E-state index in [2.05, 4.69) is 15.3 Å². The maximum atomic E-state index is 12.0. The highest BCUT2D eigenvalue weighted by atomic mass is 32.2. The Labute approximate surface area is 149 Å². The van der Waals surface area contributed by atoms with Gasteiger partial charge in [0.25, 0.3) is 0 Å². The molecule has 6 nitrogen and oxygen atoms in total. The standard InChI is InChI=1S/C18H18N4O2S/c1-13-8-10-22-15(11-13)20-17(21-18(22)24)25-12-16(23)19-9-7-14-5-3-2-4-6-14/h2-6,8,10-11H,7,9,12H2,1H3,(H,19,23). The molecule has 0 fully saturated rings. The molecule has 0 saturated carbocycles. The third-order valence-corrected chi connectivity index (χ3v) is 4.46. The lowest BCUT2D eigenvalue weighted by molar-refractivity contribution is -0.118. The number of rotatable bonds is 6. The summed E-state index contributed by atoms with van der Waals surface area (Å²) < 4.78 is 1.39. The Bertz CT molecular complexity index is 941. The second-order valence-electron chi connectivity index (χ2n) is 5.60. The molecule has 2 aromatic heterocycles. The Balaban J connectivity index is 1.55. The molecule has 25 heavy (non-hydrogen) atoms. The molecule has 7 heteroatoms. The highest BCUT2D eigenvalue weighted by molar-refractivity contribution is 7.99. The van der Waals surface area contributed by atoms with E-state index < -0.39 is 5.69 Å². The van der Waals surface area contributed by atoms with Gasteiger partial charge in [-0.05, 0) is 36.6 Å². The largest absolute Gasteiger partial charge is 0.355 e. The molecule has 0 bridgehead atoms. The third kappa shape index (κ3) is 4.67. The van der Waals surface area contributed by atoms with Crippen LogP contribution in [0.2, 0.25) is 0 Å². The van der Waals surface area contributed by atoms with Crippen molar-refractivity contribution in [1.29, 1.82) is 0 Å². The van der Waals surface area contributed by atoms with Crippen LogP contribution in [0, 0.1) is 6.92 Å². The van der Waals surface area contributed by atoms with Gasteiger partial charge in [0.1, 0.15) is 5.65 Å². The SMILES string of the molecule is Cc1ccn2c(=O)nc(SCC(=O)NCCc3ccccc3)nc2c1. The summed E-state index contributed by atoms with van der Waals surface area (Å²) in [6, 6.07) is 13.6. The van der Waals surface area contributed by atoms with Gasteiger partial charge in [0.15, 0.2) is 5.16 Å². The summed E-state index contributed by atoms with van der Waals surface area (Å²) in [5, 5.41) is 3.18. The number of benzene rings is 1. The van der Waals surface area contributed by atoms with Crippen LogP contribution in [0.5, 0.6) is 0 Å². The van der Waals surface area contributed by atoms with E-state index in [4.69, 9.17) is 0 Å². The summed E-state index contributed by atoms with van der Waals surface area (Å²) in [5.74, 6) is 0.0740. The minimum Gasteiger partial charge on any atom is -0.355 e. The van der Waals surface area contributed by atoms with Crippen molar-refractivity contribution in [3.8, 4) is 0 Å². The van der Waals surface area contributed by atoms with Crippen LogP contribution in [0.1, 0.15) is 11.1 Å². The van der Waals surface area contributed by atoms with Crippen molar-refractivity contribution in [3.05, 3.63) is 70.3 Å².